The van der Waals surface area contributed by atoms with Gasteiger partial charge in [0.15, 0.2) is 0 Å². The number of hydrogen-bond acceptors (Lipinski definition) is 2. The number of isocyanates is 1. The molecule has 0 spiro atoms. The number of hydrogen-bond donors (Lipinski definition) is 0. The highest BCUT2D eigenvalue weighted by Gasteiger charge is 1.99. The Morgan fingerprint density at radius 2 is 2.08 bits per heavy atom. The second-order valence-electron chi connectivity index (χ2n) is 3.39. The van der Waals surface area contributed by atoms with Gasteiger partial charge in [0.25, 0.3) is 0 Å². The molecule has 0 saturated carbocycles. The van der Waals surface area contributed by atoms with E-state index < -0.39 is 0 Å². The van der Waals surface area contributed by atoms with E-state index in [0.29, 0.717) is 12.5 Å². The summed E-state index contributed by atoms with van der Waals surface area (Å²) in [5.41, 5.74) is 0. The van der Waals surface area contributed by atoms with Crippen LogP contribution in [0, 0.1) is 5.92 Å². The summed E-state index contributed by atoms with van der Waals surface area (Å²) in [5, 5.41) is 0. The smallest absolute Gasteiger partial charge is 0.211 e. The van der Waals surface area contributed by atoms with Crippen molar-refractivity contribution in [3.05, 3.63) is 0 Å². The minimum absolute atomic E-state index is 0.545. The van der Waals surface area contributed by atoms with Crippen molar-refractivity contribution >= 4 is 6.08 Å². The van der Waals surface area contributed by atoms with Crippen LogP contribution in [0.3, 0.4) is 0 Å². The fourth-order valence-electron chi connectivity index (χ4n) is 1.20. The summed E-state index contributed by atoms with van der Waals surface area (Å²) in [4.78, 5) is 13.4. The van der Waals surface area contributed by atoms with E-state index in [0.717, 1.165) is 0 Å². The van der Waals surface area contributed by atoms with Gasteiger partial charge in [-0.2, -0.15) is 0 Å². The number of nitrogens with zero attached hydrogens (tertiary/aromatic N) is 1. The first kappa shape index (κ1) is 11.4. The Morgan fingerprint density at radius 1 is 1.33 bits per heavy atom. The van der Waals surface area contributed by atoms with Crippen molar-refractivity contribution in [3.8, 4) is 0 Å². The summed E-state index contributed by atoms with van der Waals surface area (Å²) in [6.45, 7) is 4.99. The summed E-state index contributed by atoms with van der Waals surface area (Å²) < 4.78 is 0. The number of aliphatic imine (C=N–C) groups is 1. The van der Waals surface area contributed by atoms with Crippen molar-refractivity contribution < 1.29 is 4.79 Å². The van der Waals surface area contributed by atoms with E-state index >= 15 is 0 Å². The predicted molar refractivity (Wildman–Crippen MR) is 50.9 cm³/mol. The molecule has 0 amide bonds. The maximum absolute atomic E-state index is 9.79. The zero-order valence-corrected chi connectivity index (χ0v) is 8.18. The van der Waals surface area contributed by atoms with Gasteiger partial charge in [-0.3, -0.25) is 0 Å². The molecule has 2 nitrogen and oxygen atoms in total. The van der Waals surface area contributed by atoms with E-state index in [-0.39, 0.29) is 0 Å². The van der Waals surface area contributed by atoms with Crippen molar-refractivity contribution in [1.29, 1.82) is 0 Å². The molecule has 0 aromatic rings. The first-order valence-corrected chi connectivity index (χ1v) is 4.84. The summed E-state index contributed by atoms with van der Waals surface area (Å²) in [5.74, 6) is 0.545. The average molecular weight is 169 g/mol. The molecule has 1 unspecified atom stereocenters. The molecule has 0 aliphatic heterocycles. The third-order valence-electron chi connectivity index (χ3n) is 2.02. The third-order valence-corrected chi connectivity index (χ3v) is 2.02. The highest BCUT2D eigenvalue weighted by atomic mass is 16.1. The number of unbranched alkanes of at least 4 members (excludes halogenated alkanes) is 3. The van der Waals surface area contributed by atoms with Gasteiger partial charge >= 0.3 is 0 Å². The van der Waals surface area contributed by atoms with Gasteiger partial charge in [-0.15, -0.1) is 0 Å². The highest BCUT2D eigenvalue weighted by Crippen LogP contribution is 2.10. The standard InChI is InChI=1S/C10H19NO/c1-3-4-5-6-7-10(2)8-11-9-12/h10H,3-8H2,1-2H3. The van der Waals surface area contributed by atoms with Crippen molar-refractivity contribution in [2.24, 2.45) is 10.9 Å². The van der Waals surface area contributed by atoms with Crippen LogP contribution in [0.15, 0.2) is 4.99 Å². The van der Waals surface area contributed by atoms with E-state index in [2.05, 4.69) is 18.8 Å². The van der Waals surface area contributed by atoms with Crippen molar-refractivity contribution in [2.45, 2.75) is 46.0 Å². The third kappa shape index (κ3) is 7.49. The molecule has 0 saturated heterocycles. The minimum Gasteiger partial charge on any atom is -0.211 e. The van der Waals surface area contributed by atoms with Crippen molar-refractivity contribution in [2.75, 3.05) is 6.54 Å². The van der Waals surface area contributed by atoms with Crippen LogP contribution < -0.4 is 0 Å². The Labute approximate surface area is 75.1 Å². The topological polar surface area (TPSA) is 29.4 Å². The van der Waals surface area contributed by atoms with Gasteiger partial charge in [0.1, 0.15) is 0 Å². The van der Waals surface area contributed by atoms with Gasteiger partial charge in [-0.1, -0.05) is 39.5 Å². The Balaban J connectivity index is 3.18. The molecule has 0 rings (SSSR count). The normalized spacial score (nSPS) is 12.2. The fraction of sp³-hybridized carbons (Fsp3) is 0.900. The molecule has 0 aliphatic rings. The molecular weight excluding hydrogens is 150 g/mol. The molecule has 0 N–H and O–H groups in total. The molecule has 1 atom stereocenters. The van der Waals surface area contributed by atoms with E-state index in [9.17, 15) is 4.79 Å². The van der Waals surface area contributed by atoms with Crippen molar-refractivity contribution in [3.63, 3.8) is 0 Å². The molecule has 70 valence electrons. The van der Waals surface area contributed by atoms with Crippen LogP contribution >= 0.6 is 0 Å². The first-order valence-electron chi connectivity index (χ1n) is 4.84. The Hall–Kier alpha value is -0.620. The van der Waals surface area contributed by atoms with Crippen LogP contribution in [0.4, 0.5) is 0 Å². The molecule has 0 radical (unpaired) electrons. The number of rotatable bonds is 7. The lowest BCUT2D eigenvalue weighted by molar-refractivity contribution is 0.494. The van der Waals surface area contributed by atoms with E-state index in [1.54, 1.807) is 6.08 Å². The van der Waals surface area contributed by atoms with Crippen LogP contribution in [0.5, 0.6) is 0 Å². The van der Waals surface area contributed by atoms with Crippen LogP contribution in [0.1, 0.15) is 46.0 Å². The summed E-state index contributed by atoms with van der Waals surface area (Å²) in [6, 6.07) is 0. The second kappa shape index (κ2) is 8.48. The van der Waals surface area contributed by atoms with Gasteiger partial charge in [0.2, 0.25) is 6.08 Å². The van der Waals surface area contributed by atoms with Crippen LogP contribution in [0.25, 0.3) is 0 Å². The average Bonchev–Trinajstić information content (AvgIpc) is 2.09. The van der Waals surface area contributed by atoms with E-state index in [1.807, 2.05) is 0 Å². The summed E-state index contributed by atoms with van der Waals surface area (Å²) in [6.07, 6.45) is 7.94. The summed E-state index contributed by atoms with van der Waals surface area (Å²) >= 11 is 0. The lowest BCUT2D eigenvalue weighted by Gasteiger charge is -2.05. The SMILES string of the molecule is CCCCCCC(C)CN=C=O. The molecule has 0 bridgehead atoms. The lowest BCUT2D eigenvalue weighted by Crippen LogP contribution is -1.98. The molecule has 0 aromatic heterocycles. The second-order valence-corrected chi connectivity index (χ2v) is 3.39. The monoisotopic (exact) mass is 169 g/mol. The van der Waals surface area contributed by atoms with Gasteiger partial charge in [-0.25, -0.2) is 9.79 Å². The fourth-order valence-corrected chi connectivity index (χ4v) is 1.20. The summed E-state index contributed by atoms with van der Waals surface area (Å²) in [7, 11) is 0. The molecule has 2 heteroatoms. The Morgan fingerprint density at radius 3 is 2.67 bits per heavy atom. The highest BCUT2D eigenvalue weighted by molar-refractivity contribution is 5.32. The lowest BCUT2D eigenvalue weighted by atomic mass is 10.0. The van der Waals surface area contributed by atoms with Crippen molar-refractivity contribution in [1.82, 2.24) is 0 Å². The predicted octanol–water partition coefficient (Wildman–Crippen LogP) is 2.93. The van der Waals surface area contributed by atoms with E-state index in [1.165, 1.54) is 32.1 Å². The molecule has 0 aliphatic carbocycles. The molecule has 0 aromatic carbocycles. The molecule has 0 heterocycles. The maximum Gasteiger partial charge on any atom is 0.234 e. The quantitative estimate of drug-likeness (QED) is 0.327. The van der Waals surface area contributed by atoms with Gasteiger partial charge in [-0.05, 0) is 12.3 Å². The number of carbonyl (C=O) groups excluding carboxylic acids is 1. The van der Waals surface area contributed by atoms with Crippen LogP contribution in [-0.2, 0) is 4.79 Å². The Bertz CT molecular complexity index is 139. The molecular formula is C10H19NO. The van der Waals surface area contributed by atoms with Gasteiger partial charge < -0.3 is 0 Å². The molecule has 12 heavy (non-hydrogen) atoms. The van der Waals surface area contributed by atoms with E-state index in [4.69, 9.17) is 0 Å². The maximum atomic E-state index is 9.79. The zero-order valence-electron chi connectivity index (χ0n) is 8.18. The zero-order chi connectivity index (χ0) is 9.23. The van der Waals surface area contributed by atoms with Crippen LogP contribution in [0.2, 0.25) is 0 Å². The minimum atomic E-state index is 0.545. The molecule has 0 fully saturated rings. The van der Waals surface area contributed by atoms with Gasteiger partial charge in [0.05, 0.1) is 6.54 Å². The van der Waals surface area contributed by atoms with Gasteiger partial charge in [0, 0.05) is 0 Å². The largest absolute Gasteiger partial charge is 0.234 e. The van der Waals surface area contributed by atoms with Crippen LogP contribution in [-0.4, -0.2) is 12.6 Å². The first-order chi connectivity index (χ1) is 5.81. The Kier molecular flexibility index (Phi) is 8.04.